The molecule has 1 aromatic heterocycles. The molecule has 0 bridgehead atoms. The minimum atomic E-state index is -0.356. The number of benzene rings is 2. The summed E-state index contributed by atoms with van der Waals surface area (Å²) in [5.74, 6) is 0.643. The van der Waals surface area contributed by atoms with Crippen LogP contribution >= 0.6 is 23.2 Å². The van der Waals surface area contributed by atoms with Crippen molar-refractivity contribution in [3.05, 3.63) is 88.0 Å². The van der Waals surface area contributed by atoms with Gasteiger partial charge in [0.25, 0.3) is 5.91 Å². The maximum atomic E-state index is 13.6. The minimum absolute atomic E-state index is 0.0381. The molecule has 8 heteroatoms. The van der Waals surface area contributed by atoms with Crippen molar-refractivity contribution in [2.24, 2.45) is 5.41 Å². The van der Waals surface area contributed by atoms with E-state index >= 15 is 0 Å². The molecule has 2 aliphatic heterocycles. The molecule has 0 N–H and O–H groups in total. The fourth-order valence-corrected chi connectivity index (χ4v) is 5.52. The van der Waals surface area contributed by atoms with Gasteiger partial charge in [0, 0.05) is 65.9 Å². The van der Waals surface area contributed by atoms with Crippen molar-refractivity contribution in [3.8, 4) is 5.88 Å². The first-order chi connectivity index (χ1) is 17.8. The van der Waals surface area contributed by atoms with E-state index in [0.717, 1.165) is 30.6 Å². The number of piperidine rings is 1. The summed E-state index contributed by atoms with van der Waals surface area (Å²) in [5, 5.41) is 1.22. The molecule has 3 heterocycles. The molecule has 2 saturated heterocycles. The van der Waals surface area contributed by atoms with Gasteiger partial charge in [0.1, 0.15) is 0 Å². The van der Waals surface area contributed by atoms with E-state index in [4.69, 9.17) is 27.9 Å². The number of rotatable bonds is 6. The first-order valence-corrected chi connectivity index (χ1v) is 13.3. The number of pyridine rings is 1. The third kappa shape index (κ3) is 5.60. The molecular weight excluding hydrogens is 509 g/mol. The highest BCUT2D eigenvalue weighted by molar-refractivity contribution is 6.30. The minimum Gasteiger partial charge on any atom is -0.477 e. The predicted octanol–water partition coefficient (Wildman–Crippen LogP) is 6.23. The second kappa shape index (κ2) is 10.7. The molecule has 6 nitrogen and oxygen atoms in total. The smallest absolute Gasteiger partial charge is 0.253 e. The van der Waals surface area contributed by atoms with Crippen LogP contribution in [0.2, 0.25) is 10.0 Å². The van der Waals surface area contributed by atoms with E-state index in [1.165, 1.54) is 0 Å². The van der Waals surface area contributed by atoms with Crippen LogP contribution in [0.25, 0.3) is 0 Å². The van der Waals surface area contributed by atoms with Crippen LogP contribution in [0, 0.1) is 5.41 Å². The predicted molar refractivity (Wildman–Crippen MR) is 146 cm³/mol. The van der Waals surface area contributed by atoms with Crippen molar-refractivity contribution < 1.29 is 14.3 Å². The molecule has 5 rings (SSSR count). The number of hydrogen-bond acceptors (Lipinski definition) is 4. The fraction of sp³-hybridized carbons (Fsp3) is 0.345. The maximum Gasteiger partial charge on any atom is 0.253 e. The zero-order valence-corrected chi connectivity index (χ0v) is 22.2. The molecule has 3 aromatic rings. The Bertz CT molecular complexity index is 1270. The number of anilines is 1. The van der Waals surface area contributed by atoms with E-state index in [-0.39, 0.29) is 23.1 Å². The lowest BCUT2D eigenvalue weighted by atomic mass is 9.77. The van der Waals surface area contributed by atoms with Crippen LogP contribution in [0.3, 0.4) is 0 Å². The summed E-state index contributed by atoms with van der Waals surface area (Å²) in [6.45, 7) is 4.33. The molecule has 0 aliphatic carbocycles. The van der Waals surface area contributed by atoms with Gasteiger partial charge in [-0.05, 0) is 60.9 Å². The number of amides is 2. The zero-order chi connectivity index (χ0) is 26.0. The van der Waals surface area contributed by atoms with E-state index in [0.29, 0.717) is 47.6 Å². The number of carbonyl (C=O) groups is 2. The number of carbonyl (C=O) groups excluding carboxylic acids is 2. The number of aromatic nitrogens is 1. The van der Waals surface area contributed by atoms with Gasteiger partial charge in [0.05, 0.1) is 11.6 Å². The van der Waals surface area contributed by atoms with E-state index in [1.807, 2.05) is 58.3 Å². The standard InChI is InChI=1S/C29H29Cl2N3O3/c1-29(19-37-26-14-11-23(31)16-32-26)18-33(17-25(29)20-5-9-22(30)10-6-20)28(36)21-7-12-24(13-8-21)34-15-3-2-4-27(34)35/h5-14,16,25H,2-4,15,17-19H2,1H3/t25-,29-/m1/s1. The Morgan fingerprint density at radius 3 is 2.43 bits per heavy atom. The van der Waals surface area contributed by atoms with Gasteiger partial charge >= 0.3 is 0 Å². The highest BCUT2D eigenvalue weighted by atomic mass is 35.5. The van der Waals surface area contributed by atoms with Gasteiger partial charge in [-0.15, -0.1) is 0 Å². The summed E-state index contributed by atoms with van der Waals surface area (Å²) >= 11 is 12.1. The van der Waals surface area contributed by atoms with Gasteiger partial charge in [0.2, 0.25) is 11.8 Å². The molecule has 0 unspecified atom stereocenters. The average molecular weight is 538 g/mol. The Hall–Kier alpha value is -3.09. The van der Waals surface area contributed by atoms with Crippen LogP contribution < -0.4 is 9.64 Å². The molecule has 0 spiro atoms. The van der Waals surface area contributed by atoms with E-state index < -0.39 is 0 Å². The van der Waals surface area contributed by atoms with Gasteiger partial charge < -0.3 is 14.5 Å². The van der Waals surface area contributed by atoms with Crippen LogP contribution in [0.1, 0.15) is 48.0 Å². The third-order valence-electron chi connectivity index (χ3n) is 7.36. The molecule has 0 saturated carbocycles. The first-order valence-electron chi connectivity index (χ1n) is 12.5. The van der Waals surface area contributed by atoms with Gasteiger partial charge in [-0.25, -0.2) is 4.98 Å². The van der Waals surface area contributed by atoms with Crippen LogP contribution in [0.5, 0.6) is 5.88 Å². The number of likely N-dealkylation sites (tertiary alicyclic amines) is 1. The van der Waals surface area contributed by atoms with Gasteiger partial charge in [-0.2, -0.15) is 0 Å². The zero-order valence-electron chi connectivity index (χ0n) is 20.7. The Morgan fingerprint density at radius 2 is 1.76 bits per heavy atom. The second-order valence-corrected chi connectivity index (χ2v) is 11.0. The summed E-state index contributed by atoms with van der Waals surface area (Å²) in [7, 11) is 0. The van der Waals surface area contributed by atoms with Gasteiger partial charge in [0.15, 0.2) is 0 Å². The van der Waals surface area contributed by atoms with E-state index in [9.17, 15) is 9.59 Å². The SMILES string of the molecule is C[C@]1(COc2ccc(Cl)cn2)CN(C(=O)c2ccc(N3CCCCC3=O)cc2)C[C@@H]1c1ccc(Cl)cc1. The van der Waals surface area contributed by atoms with Crippen molar-refractivity contribution >= 4 is 40.7 Å². The first kappa shape index (κ1) is 25.6. The Balaban J connectivity index is 1.35. The third-order valence-corrected chi connectivity index (χ3v) is 7.83. The molecule has 2 aromatic carbocycles. The number of halogens is 2. The lowest BCUT2D eigenvalue weighted by molar-refractivity contribution is -0.119. The van der Waals surface area contributed by atoms with E-state index in [1.54, 1.807) is 18.3 Å². The molecule has 2 fully saturated rings. The molecule has 192 valence electrons. The largest absolute Gasteiger partial charge is 0.477 e. The molecule has 37 heavy (non-hydrogen) atoms. The number of hydrogen-bond donors (Lipinski definition) is 0. The fourth-order valence-electron chi connectivity index (χ4n) is 5.29. The summed E-state index contributed by atoms with van der Waals surface area (Å²) in [5.41, 5.74) is 2.20. The molecule has 2 aliphatic rings. The monoisotopic (exact) mass is 537 g/mol. The number of ether oxygens (including phenoxy) is 1. The van der Waals surface area contributed by atoms with Gasteiger partial charge in [-0.3, -0.25) is 9.59 Å². The van der Waals surface area contributed by atoms with Crippen molar-refractivity contribution in [3.63, 3.8) is 0 Å². The second-order valence-electron chi connectivity index (χ2n) is 10.1. The van der Waals surface area contributed by atoms with Crippen LogP contribution in [0.15, 0.2) is 66.9 Å². The quantitative estimate of drug-likeness (QED) is 0.373. The van der Waals surface area contributed by atoms with Crippen molar-refractivity contribution in [1.82, 2.24) is 9.88 Å². The lowest BCUT2D eigenvalue weighted by Crippen LogP contribution is -2.35. The summed E-state index contributed by atoms with van der Waals surface area (Å²) in [6.07, 6.45) is 4.07. The summed E-state index contributed by atoms with van der Waals surface area (Å²) in [6, 6.07) is 18.7. The maximum absolute atomic E-state index is 13.6. The normalized spacial score (nSPS) is 21.8. The summed E-state index contributed by atoms with van der Waals surface area (Å²) in [4.78, 5) is 33.8. The van der Waals surface area contributed by atoms with Crippen LogP contribution in [-0.2, 0) is 4.79 Å². The Morgan fingerprint density at radius 1 is 1.03 bits per heavy atom. The van der Waals surface area contributed by atoms with Crippen molar-refractivity contribution in [1.29, 1.82) is 0 Å². The lowest BCUT2D eigenvalue weighted by Gasteiger charge is -2.30. The molecular formula is C29H29Cl2N3O3. The molecule has 2 amide bonds. The van der Waals surface area contributed by atoms with Crippen LogP contribution in [0.4, 0.5) is 5.69 Å². The molecule has 2 atom stereocenters. The number of nitrogens with zero attached hydrogens (tertiary/aromatic N) is 3. The van der Waals surface area contributed by atoms with Crippen molar-refractivity contribution in [2.75, 3.05) is 31.1 Å². The van der Waals surface area contributed by atoms with E-state index in [2.05, 4.69) is 11.9 Å². The van der Waals surface area contributed by atoms with Gasteiger partial charge in [-0.1, -0.05) is 42.3 Å². The highest BCUT2D eigenvalue weighted by Gasteiger charge is 2.46. The van der Waals surface area contributed by atoms with Crippen molar-refractivity contribution in [2.45, 2.75) is 32.1 Å². The molecule has 0 radical (unpaired) electrons. The topological polar surface area (TPSA) is 62.7 Å². The van der Waals surface area contributed by atoms with Crippen LogP contribution in [-0.4, -0.2) is 47.9 Å². The Labute approximate surface area is 227 Å². The highest BCUT2D eigenvalue weighted by Crippen LogP contribution is 2.44. The Kier molecular flexibility index (Phi) is 7.40. The average Bonchev–Trinajstić information content (AvgIpc) is 3.26. The summed E-state index contributed by atoms with van der Waals surface area (Å²) < 4.78 is 6.08.